The SMILES string of the molecule is Clc1ccc(Oc2ccccc2Oc2ccc(Cl)nn2)nn1. The van der Waals surface area contributed by atoms with Crippen molar-refractivity contribution in [3.63, 3.8) is 0 Å². The second-order valence-corrected chi connectivity index (χ2v) is 4.81. The first-order valence-corrected chi connectivity index (χ1v) is 6.89. The second-order valence-electron chi connectivity index (χ2n) is 4.04. The molecular formula is C14H8Cl2N4O2. The van der Waals surface area contributed by atoms with E-state index in [0.29, 0.717) is 23.3 Å². The third kappa shape index (κ3) is 3.60. The number of ether oxygens (including phenoxy) is 2. The Labute approximate surface area is 135 Å². The lowest BCUT2D eigenvalue weighted by atomic mass is 10.3. The summed E-state index contributed by atoms with van der Waals surface area (Å²) in [5.74, 6) is 1.50. The molecule has 0 fully saturated rings. The van der Waals surface area contributed by atoms with Gasteiger partial charge >= 0.3 is 0 Å². The van der Waals surface area contributed by atoms with Crippen LogP contribution < -0.4 is 9.47 Å². The van der Waals surface area contributed by atoms with Crippen LogP contribution in [0.5, 0.6) is 23.3 Å². The quantitative estimate of drug-likeness (QED) is 0.713. The minimum absolute atomic E-state index is 0.285. The molecular weight excluding hydrogens is 327 g/mol. The van der Waals surface area contributed by atoms with E-state index in [1.807, 2.05) is 0 Å². The van der Waals surface area contributed by atoms with Gasteiger partial charge in [0, 0.05) is 12.1 Å². The van der Waals surface area contributed by atoms with Gasteiger partial charge in [0.25, 0.3) is 0 Å². The molecule has 3 aromatic rings. The zero-order valence-electron chi connectivity index (χ0n) is 11.0. The Bertz CT molecular complexity index is 700. The molecule has 0 radical (unpaired) electrons. The first-order valence-electron chi connectivity index (χ1n) is 6.14. The molecule has 8 heteroatoms. The Kier molecular flexibility index (Phi) is 4.32. The van der Waals surface area contributed by atoms with Gasteiger partial charge in [0.15, 0.2) is 21.8 Å². The minimum atomic E-state index is 0.285. The van der Waals surface area contributed by atoms with Crippen molar-refractivity contribution in [1.29, 1.82) is 0 Å². The third-order valence-corrected chi connectivity index (χ3v) is 2.90. The van der Waals surface area contributed by atoms with Gasteiger partial charge in [-0.3, -0.25) is 0 Å². The fourth-order valence-electron chi connectivity index (χ4n) is 1.56. The lowest BCUT2D eigenvalue weighted by molar-refractivity contribution is 0.396. The molecule has 0 saturated heterocycles. The summed E-state index contributed by atoms with van der Waals surface area (Å²) in [6, 6.07) is 13.4. The van der Waals surface area contributed by atoms with E-state index < -0.39 is 0 Å². The number of aromatic nitrogens is 4. The highest BCUT2D eigenvalue weighted by Gasteiger charge is 2.09. The number of nitrogens with zero attached hydrogens (tertiary/aromatic N) is 4. The van der Waals surface area contributed by atoms with Crippen molar-refractivity contribution in [3.8, 4) is 23.3 Å². The van der Waals surface area contributed by atoms with E-state index in [4.69, 9.17) is 32.7 Å². The van der Waals surface area contributed by atoms with Gasteiger partial charge in [-0.1, -0.05) is 35.3 Å². The molecule has 2 heterocycles. The molecule has 0 aliphatic heterocycles. The fraction of sp³-hybridized carbons (Fsp3) is 0. The van der Waals surface area contributed by atoms with Crippen LogP contribution in [0.4, 0.5) is 0 Å². The standard InChI is InChI=1S/C14H8Cl2N4O2/c15-11-5-7-13(19-17-11)21-9-3-1-2-4-10(9)22-14-8-6-12(16)18-20-14/h1-8H. The Morgan fingerprint density at radius 2 is 1.05 bits per heavy atom. The summed E-state index contributed by atoms with van der Waals surface area (Å²) in [6.07, 6.45) is 0. The Morgan fingerprint density at radius 3 is 1.41 bits per heavy atom. The first kappa shape index (κ1) is 14.5. The number of para-hydroxylation sites is 2. The van der Waals surface area contributed by atoms with Crippen LogP contribution in [0.15, 0.2) is 48.5 Å². The topological polar surface area (TPSA) is 70.0 Å². The molecule has 0 aliphatic rings. The van der Waals surface area contributed by atoms with Crippen molar-refractivity contribution in [2.75, 3.05) is 0 Å². The maximum absolute atomic E-state index is 5.69. The van der Waals surface area contributed by atoms with Crippen molar-refractivity contribution >= 4 is 23.2 Å². The van der Waals surface area contributed by atoms with Crippen molar-refractivity contribution in [1.82, 2.24) is 20.4 Å². The van der Waals surface area contributed by atoms with Gasteiger partial charge in [-0.2, -0.15) is 0 Å². The average molecular weight is 335 g/mol. The Balaban J connectivity index is 1.83. The molecule has 22 heavy (non-hydrogen) atoms. The minimum Gasteiger partial charge on any atom is -0.434 e. The number of hydrogen-bond donors (Lipinski definition) is 0. The van der Waals surface area contributed by atoms with Crippen LogP contribution in [0.25, 0.3) is 0 Å². The predicted molar refractivity (Wildman–Crippen MR) is 80.7 cm³/mol. The highest BCUT2D eigenvalue weighted by atomic mass is 35.5. The van der Waals surface area contributed by atoms with Crippen LogP contribution in [0.1, 0.15) is 0 Å². The summed E-state index contributed by atoms with van der Waals surface area (Å²) in [7, 11) is 0. The van der Waals surface area contributed by atoms with Crippen molar-refractivity contribution in [3.05, 3.63) is 58.8 Å². The molecule has 6 nitrogen and oxygen atoms in total. The number of hydrogen-bond acceptors (Lipinski definition) is 6. The lowest BCUT2D eigenvalue weighted by Crippen LogP contribution is -1.95. The van der Waals surface area contributed by atoms with E-state index in [9.17, 15) is 0 Å². The molecule has 0 atom stereocenters. The molecule has 0 saturated carbocycles. The van der Waals surface area contributed by atoms with Crippen LogP contribution in [0.3, 0.4) is 0 Å². The molecule has 0 amide bonds. The molecule has 0 spiro atoms. The second kappa shape index (κ2) is 6.55. The van der Waals surface area contributed by atoms with Crippen molar-refractivity contribution in [2.24, 2.45) is 0 Å². The van der Waals surface area contributed by atoms with E-state index >= 15 is 0 Å². The van der Waals surface area contributed by atoms with Crippen LogP contribution >= 0.6 is 23.2 Å². The summed E-state index contributed by atoms with van der Waals surface area (Å²) >= 11 is 11.4. The van der Waals surface area contributed by atoms with Crippen molar-refractivity contribution < 1.29 is 9.47 Å². The van der Waals surface area contributed by atoms with E-state index in [2.05, 4.69) is 20.4 Å². The highest BCUT2D eigenvalue weighted by molar-refractivity contribution is 6.29. The monoisotopic (exact) mass is 334 g/mol. The van der Waals surface area contributed by atoms with Crippen LogP contribution in [0, 0.1) is 0 Å². The molecule has 0 unspecified atom stereocenters. The molecule has 0 aliphatic carbocycles. The van der Waals surface area contributed by atoms with Gasteiger partial charge in [-0.25, -0.2) is 0 Å². The van der Waals surface area contributed by atoms with Gasteiger partial charge in [0.05, 0.1) is 0 Å². The Hall–Kier alpha value is -2.44. The van der Waals surface area contributed by atoms with Gasteiger partial charge < -0.3 is 9.47 Å². The highest BCUT2D eigenvalue weighted by Crippen LogP contribution is 2.33. The van der Waals surface area contributed by atoms with E-state index in [1.165, 1.54) is 0 Å². The predicted octanol–water partition coefficient (Wildman–Crippen LogP) is 4.16. The smallest absolute Gasteiger partial charge is 0.239 e. The zero-order chi connectivity index (χ0) is 15.4. The zero-order valence-corrected chi connectivity index (χ0v) is 12.5. The largest absolute Gasteiger partial charge is 0.434 e. The first-order chi connectivity index (χ1) is 10.7. The molecule has 110 valence electrons. The van der Waals surface area contributed by atoms with Crippen molar-refractivity contribution in [2.45, 2.75) is 0 Å². The van der Waals surface area contributed by atoms with Crippen LogP contribution in [-0.4, -0.2) is 20.4 Å². The summed E-state index contributed by atoms with van der Waals surface area (Å²) < 4.78 is 11.3. The maximum Gasteiger partial charge on any atom is 0.239 e. The van der Waals surface area contributed by atoms with Gasteiger partial charge in [0.2, 0.25) is 11.8 Å². The van der Waals surface area contributed by atoms with Gasteiger partial charge in [-0.15, -0.1) is 20.4 Å². The van der Waals surface area contributed by atoms with E-state index in [-0.39, 0.29) is 10.3 Å². The molecule has 0 bridgehead atoms. The normalized spacial score (nSPS) is 10.3. The maximum atomic E-state index is 5.69. The number of benzene rings is 1. The third-order valence-electron chi connectivity index (χ3n) is 2.49. The van der Waals surface area contributed by atoms with Crippen LogP contribution in [-0.2, 0) is 0 Å². The van der Waals surface area contributed by atoms with E-state index in [1.54, 1.807) is 48.5 Å². The van der Waals surface area contributed by atoms with Crippen LogP contribution in [0.2, 0.25) is 10.3 Å². The average Bonchev–Trinajstić information content (AvgIpc) is 2.54. The van der Waals surface area contributed by atoms with Gasteiger partial charge in [0.1, 0.15) is 0 Å². The molecule has 2 aromatic heterocycles. The lowest BCUT2D eigenvalue weighted by Gasteiger charge is -2.10. The molecule has 3 rings (SSSR count). The number of rotatable bonds is 4. The number of halogens is 2. The Morgan fingerprint density at radius 1 is 0.591 bits per heavy atom. The summed E-state index contributed by atoms with van der Waals surface area (Å²) in [6.45, 7) is 0. The summed E-state index contributed by atoms with van der Waals surface area (Å²) in [5, 5.41) is 15.6. The fourth-order valence-corrected chi connectivity index (χ4v) is 1.76. The molecule has 1 aromatic carbocycles. The van der Waals surface area contributed by atoms with Gasteiger partial charge in [-0.05, 0) is 24.3 Å². The summed E-state index contributed by atoms with van der Waals surface area (Å²) in [4.78, 5) is 0. The molecule has 0 N–H and O–H groups in total. The van der Waals surface area contributed by atoms with E-state index in [0.717, 1.165) is 0 Å². The summed E-state index contributed by atoms with van der Waals surface area (Å²) in [5.41, 5.74) is 0.